The van der Waals surface area contributed by atoms with E-state index in [1.54, 1.807) is 4.90 Å². The van der Waals surface area contributed by atoms with Crippen LogP contribution in [0.1, 0.15) is 33.6 Å². The molecule has 1 fully saturated rings. The SMILES string of the molecule is CC(C)(C)OC(=O)N1CCN2C(NCCC3=CCOCC3)=NCC2C1.I. The summed E-state index contributed by atoms with van der Waals surface area (Å²) in [6.07, 6.45) is 4.03. The average molecular weight is 478 g/mol. The molecule has 148 valence electrons. The van der Waals surface area contributed by atoms with E-state index in [0.717, 1.165) is 51.6 Å². The zero-order valence-corrected chi connectivity index (χ0v) is 18.3. The lowest BCUT2D eigenvalue weighted by atomic mass is 10.1. The minimum Gasteiger partial charge on any atom is -0.444 e. The minimum absolute atomic E-state index is 0. The second-order valence-electron chi connectivity index (χ2n) is 7.80. The Morgan fingerprint density at radius 3 is 2.92 bits per heavy atom. The third kappa shape index (κ3) is 5.73. The van der Waals surface area contributed by atoms with E-state index in [9.17, 15) is 4.79 Å². The van der Waals surface area contributed by atoms with Gasteiger partial charge in [0, 0.05) is 26.2 Å². The number of hydrogen-bond acceptors (Lipinski definition) is 6. The van der Waals surface area contributed by atoms with Crippen LogP contribution in [0.25, 0.3) is 0 Å². The molecule has 3 aliphatic rings. The number of ether oxygens (including phenoxy) is 2. The number of nitrogens with one attached hydrogen (secondary N) is 1. The van der Waals surface area contributed by atoms with Crippen LogP contribution >= 0.6 is 24.0 Å². The van der Waals surface area contributed by atoms with Crippen LogP contribution in [0.4, 0.5) is 4.79 Å². The molecule has 0 spiro atoms. The number of fused-ring (bicyclic) bond motifs is 1. The van der Waals surface area contributed by atoms with Crippen LogP contribution in [-0.2, 0) is 9.47 Å². The van der Waals surface area contributed by atoms with Crippen molar-refractivity contribution in [3.63, 3.8) is 0 Å². The van der Waals surface area contributed by atoms with Gasteiger partial charge in [0.05, 0.1) is 25.8 Å². The molecule has 8 heteroatoms. The Hall–Kier alpha value is -1.03. The van der Waals surface area contributed by atoms with E-state index in [1.807, 2.05) is 20.8 Å². The summed E-state index contributed by atoms with van der Waals surface area (Å²) in [5.74, 6) is 0.974. The van der Waals surface area contributed by atoms with Crippen LogP contribution in [0.5, 0.6) is 0 Å². The van der Waals surface area contributed by atoms with Gasteiger partial charge in [0.2, 0.25) is 0 Å². The highest BCUT2D eigenvalue weighted by molar-refractivity contribution is 14.0. The number of halogens is 1. The second-order valence-corrected chi connectivity index (χ2v) is 7.80. The summed E-state index contributed by atoms with van der Waals surface area (Å²) >= 11 is 0. The lowest BCUT2D eigenvalue weighted by Crippen LogP contribution is -2.57. The molecule has 3 aliphatic heterocycles. The van der Waals surface area contributed by atoms with Gasteiger partial charge in [-0.1, -0.05) is 11.6 Å². The summed E-state index contributed by atoms with van der Waals surface area (Å²) in [5, 5.41) is 3.47. The van der Waals surface area contributed by atoms with Crippen molar-refractivity contribution in [2.75, 3.05) is 45.9 Å². The zero-order valence-electron chi connectivity index (χ0n) is 16.0. The van der Waals surface area contributed by atoms with Crippen molar-refractivity contribution in [1.82, 2.24) is 15.1 Å². The Bertz CT molecular complexity index is 559. The third-order valence-electron chi connectivity index (χ3n) is 4.64. The molecule has 0 saturated carbocycles. The van der Waals surface area contributed by atoms with Crippen molar-refractivity contribution < 1.29 is 14.3 Å². The highest BCUT2D eigenvalue weighted by Crippen LogP contribution is 2.19. The first-order chi connectivity index (χ1) is 11.9. The van der Waals surface area contributed by atoms with E-state index < -0.39 is 5.60 Å². The molecule has 1 unspecified atom stereocenters. The summed E-state index contributed by atoms with van der Waals surface area (Å²) in [4.78, 5) is 21.0. The molecule has 0 bridgehead atoms. The summed E-state index contributed by atoms with van der Waals surface area (Å²) in [7, 11) is 0. The van der Waals surface area contributed by atoms with Crippen LogP contribution in [-0.4, -0.2) is 79.4 Å². The van der Waals surface area contributed by atoms with Crippen LogP contribution in [0, 0.1) is 0 Å². The molecule has 1 N–H and O–H groups in total. The number of nitrogens with zero attached hydrogens (tertiary/aromatic N) is 3. The summed E-state index contributed by atoms with van der Waals surface area (Å²) in [6.45, 7) is 11.0. The van der Waals surface area contributed by atoms with Gasteiger partial charge < -0.3 is 24.6 Å². The maximum Gasteiger partial charge on any atom is 0.410 e. The fraction of sp³-hybridized carbons (Fsp3) is 0.778. The smallest absolute Gasteiger partial charge is 0.410 e. The topological polar surface area (TPSA) is 66.4 Å². The first-order valence-electron chi connectivity index (χ1n) is 9.21. The maximum atomic E-state index is 12.2. The molecule has 1 atom stereocenters. The van der Waals surface area contributed by atoms with Crippen molar-refractivity contribution in [1.29, 1.82) is 0 Å². The molecule has 0 aromatic heterocycles. The lowest BCUT2D eigenvalue weighted by Gasteiger charge is -2.39. The highest BCUT2D eigenvalue weighted by atomic mass is 127. The fourth-order valence-electron chi connectivity index (χ4n) is 3.35. The van der Waals surface area contributed by atoms with Gasteiger partial charge in [0.25, 0.3) is 0 Å². The van der Waals surface area contributed by atoms with Crippen LogP contribution < -0.4 is 5.32 Å². The number of guanidine groups is 1. The van der Waals surface area contributed by atoms with E-state index in [-0.39, 0.29) is 36.1 Å². The van der Waals surface area contributed by atoms with Crippen molar-refractivity contribution in [3.8, 4) is 0 Å². The summed E-state index contributed by atoms with van der Waals surface area (Å²) in [5.41, 5.74) is 1.01. The molecule has 1 saturated heterocycles. The minimum atomic E-state index is -0.452. The van der Waals surface area contributed by atoms with Gasteiger partial charge in [-0.05, 0) is 33.6 Å². The monoisotopic (exact) mass is 478 g/mol. The van der Waals surface area contributed by atoms with Gasteiger partial charge >= 0.3 is 6.09 Å². The van der Waals surface area contributed by atoms with Crippen molar-refractivity contribution in [2.45, 2.75) is 45.3 Å². The first-order valence-corrected chi connectivity index (χ1v) is 9.21. The molecule has 0 aromatic carbocycles. The lowest BCUT2D eigenvalue weighted by molar-refractivity contribution is 0.0137. The molecule has 0 aliphatic carbocycles. The molecule has 3 heterocycles. The predicted molar refractivity (Wildman–Crippen MR) is 112 cm³/mol. The first kappa shape index (κ1) is 21.3. The molecule has 0 aromatic rings. The number of piperazine rings is 1. The number of amides is 1. The molecule has 1 amide bonds. The number of carbonyl (C=O) groups excluding carboxylic acids is 1. The van der Waals surface area contributed by atoms with Gasteiger partial charge in [0.15, 0.2) is 5.96 Å². The van der Waals surface area contributed by atoms with E-state index >= 15 is 0 Å². The molecule has 26 heavy (non-hydrogen) atoms. The Balaban J connectivity index is 0.00000243. The highest BCUT2D eigenvalue weighted by Gasteiger charge is 2.36. The van der Waals surface area contributed by atoms with Gasteiger partial charge in [-0.15, -0.1) is 24.0 Å². The van der Waals surface area contributed by atoms with Crippen molar-refractivity contribution >= 4 is 36.0 Å². The van der Waals surface area contributed by atoms with Gasteiger partial charge in [0.1, 0.15) is 5.60 Å². The van der Waals surface area contributed by atoms with E-state index in [2.05, 4.69) is 21.3 Å². The quantitative estimate of drug-likeness (QED) is 0.498. The Morgan fingerprint density at radius 2 is 2.23 bits per heavy atom. The summed E-state index contributed by atoms with van der Waals surface area (Å²) < 4.78 is 10.8. The fourth-order valence-corrected chi connectivity index (χ4v) is 3.35. The van der Waals surface area contributed by atoms with Crippen molar-refractivity contribution in [2.24, 2.45) is 4.99 Å². The van der Waals surface area contributed by atoms with Gasteiger partial charge in [-0.2, -0.15) is 0 Å². The zero-order chi connectivity index (χ0) is 17.9. The number of rotatable bonds is 3. The second kappa shape index (κ2) is 9.25. The molecule has 3 rings (SSSR count). The average Bonchev–Trinajstić information content (AvgIpc) is 2.97. The van der Waals surface area contributed by atoms with Crippen LogP contribution in [0.2, 0.25) is 0 Å². The van der Waals surface area contributed by atoms with Crippen molar-refractivity contribution in [3.05, 3.63) is 11.6 Å². The third-order valence-corrected chi connectivity index (χ3v) is 4.64. The van der Waals surface area contributed by atoms with Gasteiger partial charge in [-0.25, -0.2) is 4.79 Å². The normalized spacial score (nSPS) is 22.8. The molecular weight excluding hydrogens is 447 g/mol. The Morgan fingerprint density at radius 1 is 1.42 bits per heavy atom. The van der Waals surface area contributed by atoms with Crippen LogP contribution in [0.15, 0.2) is 16.6 Å². The number of carbonyl (C=O) groups is 1. The van der Waals surface area contributed by atoms with E-state index in [4.69, 9.17) is 9.47 Å². The van der Waals surface area contributed by atoms with Crippen LogP contribution in [0.3, 0.4) is 0 Å². The van der Waals surface area contributed by atoms with E-state index in [1.165, 1.54) is 5.57 Å². The molecule has 7 nitrogen and oxygen atoms in total. The Kier molecular flexibility index (Phi) is 7.57. The number of hydrogen-bond donors (Lipinski definition) is 1. The summed E-state index contributed by atoms with van der Waals surface area (Å²) in [6, 6.07) is 0.256. The van der Waals surface area contributed by atoms with E-state index in [0.29, 0.717) is 13.1 Å². The van der Waals surface area contributed by atoms with Gasteiger partial charge in [-0.3, -0.25) is 4.99 Å². The standard InChI is InChI=1S/C18H30N4O3.HI/c1-18(2,3)25-17(23)21-8-9-22-15(13-21)12-20-16(22)19-7-4-14-5-10-24-11-6-14;/h5,15H,4,6-13H2,1-3H3,(H,19,20);1H. The molecule has 0 radical (unpaired) electrons. The predicted octanol–water partition coefficient (Wildman–Crippen LogP) is 2.22. The largest absolute Gasteiger partial charge is 0.444 e. The maximum absolute atomic E-state index is 12.2. The molecular formula is C18H31IN4O3. The number of aliphatic imine (C=N–C) groups is 1. The Labute approximate surface area is 173 Å².